The molecule has 3 unspecified atom stereocenters. The first-order chi connectivity index (χ1) is 6.37. The van der Waals surface area contributed by atoms with Gasteiger partial charge in [-0.1, -0.05) is 6.92 Å². The standard InChI is InChI=1S/C9H18NO2.C2H5.Y/c1-6(2)9(12)8(7(3)11)10(4)5;1-2;/h6,8-9,12H,1H2,2-5H3;1H2,2H3;/q2*-1;. The number of rotatable bonds is 4. The van der Waals surface area contributed by atoms with Crippen molar-refractivity contribution < 1.29 is 42.6 Å². The van der Waals surface area contributed by atoms with E-state index in [0.29, 0.717) is 0 Å². The predicted molar refractivity (Wildman–Crippen MR) is 59.7 cm³/mol. The topological polar surface area (TPSA) is 40.5 Å². The van der Waals surface area contributed by atoms with Crippen LogP contribution in [-0.2, 0) is 37.5 Å². The monoisotopic (exact) mass is 290 g/mol. The fraction of sp³-hybridized carbons (Fsp3) is 0.727. The van der Waals surface area contributed by atoms with Gasteiger partial charge in [-0.05, 0) is 21.0 Å². The van der Waals surface area contributed by atoms with Crippen molar-refractivity contribution in [2.24, 2.45) is 5.92 Å². The zero-order valence-corrected chi connectivity index (χ0v) is 13.4. The van der Waals surface area contributed by atoms with Crippen LogP contribution in [0.5, 0.6) is 0 Å². The summed E-state index contributed by atoms with van der Waals surface area (Å²) in [6, 6.07) is -0.433. The fourth-order valence-electron chi connectivity index (χ4n) is 1.22. The number of aliphatic hydroxyl groups excluding tert-OH is 1. The van der Waals surface area contributed by atoms with E-state index in [-0.39, 0.29) is 44.4 Å². The largest absolute Gasteiger partial charge is 0.393 e. The molecule has 1 N–H and O–H groups in total. The molecule has 0 aliphatic carbocycles. The number of Topliss-reactive ketones (excluding diaryl/α,β-unsaturated/α-hetero) is 1. The minimum Gasteiger partial charge on any atom is -0.393 e. The predicted octanol–water partition coefficient (Wildman–Crippen LogP) is 1.17. The van der Waals surface area contributed by atoms with Crippen molar-refractivity contribution in [2.45, 2.75) is 32.9 Å². The van der Waals surface area contributed by atoms with E-state index in [2.05, 4.69) is 13.8 Å². The van der Waals surface area contributed by atoms with Gasteiger partial charge in [0, 0.05) is 32.7 Å². The molecule has 0 aromatic heterocycles. The normalized spacial score (nSPS) is 15.5. The molecule has 15 heavy (non-hydrogen) atoms. The van der Waals surface area contributed by atoms with E-state index < -0.39 is 12.1 Å². The molecular weight excluding hydrogens is 267 g/mol. The van der Waals surface area contributed by atoms with Gasteiger partial charge in [0.15, 0.2) is 0 Å². The summed E-state index contributed by atoms with van der Waals surface area (Å²) < 4.78 is 0. The maximum Gasteiger partial charge on any atom is 0.149 e. The Morgan fingerprint density at radius 1 is 1.33 bits per heavy atom. The van der Waals surface area contributed by atoms with Crippen LogP contribution in [-0.4, -0.2) is 42.0 Å². The molecule has 0 amide bonds. The number of aliphatic hydroxyl groups is 1. The molecule has 0 saturated carbocycles. The Balaban J connectivity index is -0.000000449. The van der Waals surface area contributed by atoms with Gasteiger partial charge in [-0.2, -0.15) is 6.92 Å². The number of carbonyl (C=O) groups is 1. The van der Waals surface area contributed by atoms with E-state index in [1.165, 1.54) is 6.92 Å². The number of carbonyl (C=O) groups excluding carboxylic acids is 1. The number of hydrogen-bond donors (Lipinski definition) is 1. The molecule has 0 aliphatic heterocycles. The Hall–Kier alpha value is 0.694. The van der Waals surface area contributed by atoms with Crippen LogP contribution in [0.4, 0.5) is 0 Å². The molecule has 4 heteroatoms. The molecule has 0 saturated heterocycles. The molecule has 1 radical (unpaired) electrons. The Labute approximate surface area is 119 Å². The summed E-state index contributed by atoms with van der Waals surface area (Å²) in [5.41, 5.74) is 0. The van der Waals surface area contributed by atoms with Gasteiger partial charge in [-0.15, -0.1) is 5.92 Å². The maximum atomic E-state index is 11.1. The summed E-state index contributed by atoms with van der Waals surface area (Å²) in [6.45, 7) is 12.0. The Bertz CT molecular complexity index is 161. The zero-order chi connectivity index (χ0) is 11.9. The van der Waals surface area contributed by atoms with Crippen LogP contribution in [0, 0.1) is 19.8 Å². The molecule has 0 aromatic rings. The second-order valence-electron chi connectivity index (χ2n) is 3.49. The van der Waals surface area contributed by atoms with Gasteiger partial charge >= 0.3 is 0 Å². The van der Waals surface area contributed by atoms with Gasteiger partial charge in [-0.3, -0.25) is 9.69 Å². The van der Waals surface area contributed by atoms with Gasteiger partial charge in [0.05, 0.1) is 12.1 Å². The average Bonchev–Trinajstić information content (AvgIpc) is 2.06. The minimum absolute atomic E-state index is 0. The second kappa shape index (κ2) is 11.2. The van der Waals surface area contributed by atoms with Crippen LogP contribution >= 0.6 is 0 Å². The van der Waals surface area contributed by atoms with Crippen LogP contribution < -0.4 is 0 Å². The van der Waals surface area contributed by atoms with E-state index in [4.69, 9.17) is 0 Å². The minimum atomic E-state index is -0.683. The van der Waals surface area contributed by atoms with Crippen LogP contribution in [0.25, 0.3) is 0 Å². The van der Waals surface area contributed by atoms with Crippen molar-refractivity contribution in [3.05, 3.63) is 13.8 Å². The van der Waals surface area contributed by atoms with Crippen molar-refractivity contribution in [2.75, 3.05) is 14.1 Å². The smallest absolute Gasteiger partial charge is 0.149 e. The Kier molecular flexibility index (Phi) is 15.7. The molecular formula is C11H23NO2Y-2. The zero-order valence-electron chi connectivity index (χ0n) is 10.5. The van der Waals surface area contributed by atoms with Gasteiger partial charge in [0.1, 0.15) is 5.78 Å². The second-order valence-corrected chi connectivity index (χ2v) is 3.49. The average molecular weight is 290 g/mol. The van der Waals surface area contributed by atoms with Crippen LogP contribution in [0.3, 0.4) is 0 Å². The number of likely N-dealkylation sites (N-methyl/N-ethyl adjacent to an activating group) is 1. The summed E-state index contributed by atoms with van der Waals surface area (Å²) in [5.74, 6) is -0.163. The summed E-state index contributed by atoms with van der Waals surface area (Å²) in [6.07, 6.45) is -0.683. The fourth-order valence-corrected chi connectivity index (χ4v) is 1.22. The van der Waals surface area contributed by atoms with Gasteiger partial charge in [0.25, 0.3) is 0 Å². The molecule has 0 fully saturated rings. The van der Waals surface area contributed by atoms with E-state index in [1.807, 2.05) is 0 Å². The van der Waals surface area contributed by atoms with Crippen LogP contribution in [0.15, 0.2) is 0 Å². The third kappa shape index (κ3) is 8.50. The van der Waals surface area contributed by atoms with E-state index >= 15 is 0 Å². The summed E-state index contributed by atoms with van der Waals surface area (Å²) in [5, 5.41) is 9.60. The molecule has 0 heterocycles. The van der Waals surface area contributed by atoms with Crippen molar-refractivity contribution in [1.82, 2.24) is 4.90 Å². The quantitative estimate of drug-likeness (QED) is 0.790. The summed E-state index contributed by atoms with van der Waals surface area (Å²) in [4.78, 5) is 12.8. The molecule has 0 aliphatic rings. The Morgan fingerprint density at radius 2 is 1.67 bits per heavy atom. The number of ketones is 1. The third-order valence-electron chi connectivity index (χ3n) is 1.88. The number of nitrogens with zero attached hydrogens (tertiary/aromatic N) is 1. The first-order valence-electron chi connectivity index (χ1n) is 4.76. The number of hydrogen-bond acceptors (Lipinski definition) is 3. The molecule has 0 bridgehead atoms. The first kappa shape index (κ1) is 21.0. The van der Waals surface area contributed by atoms with Crippen LogP contribution in [0.1, 0.15) is 20.8 Å². The molecule has 0 rings (SSSR count). The van der Waals surface area contributed by atoms with Crippen molar-refractivity contribution in [3.8, 4) is 0 Å². The first-order valence-corrected chi connectivity index (χ1v) is 4.76. The SMILES string of the molecule is [CH2-]C.[CH2-]C(C)C(O)C(C(C)=O)N(C)C.[Y]. The summed E-state index contributed by atoms with van der Waals surface area (Å²) in [7, 11) is 3.55. The molecule has 89 valence electrons. The van der Waals surface area contributed by atoms with Crippen molar-refractivity contribution in [1.29, 1.82) is 0 Å². The Morgan fingerprint density at radius 3 is 1.73 bits per heavy atom. The van der Waals surface area contributed by atoms with Crippen molar-refractivity contribution in [3.63, 3.8) is 0 Å². The molecule has 3 nitrogen and oxygen atoms in total. The summed E-state index contributed by atoms with van der Waals surface area (Å²) >= 11 is 0. The maximum absolute atomic E-state index is 11.1. The van der Waals surface area contributed by atoms with E-state index in [0.717, 1.165) is 0 Å². The van der Waals surface area contributed by atoms with Gasteiger partial charge in [0.2, 0.25) is 0 Å². The van der Waals surface area contributed by atoms with E-state index in [9.17, 15) is 9.90 Å². The van der Waals surface area contributed by atoms with E-state index in [1.54, 1.807) is 32.8 Å². The third-order valence-corrected chi connectivity index (χ3v) is 1.88. The molecule has 0 aromatic carbocycles. The molecule has 0 spiro atoms. The van der Waals surface area contributed by atoms with Crippen molar-refractivity contribution >= 4 is 5.78 Å². The van der Waals surface area contributed by atoms with Gasteiger partial charge in [-0.25, -0.2) is 0 Å². The van der Waals surface area contributed by atoms with Gasteiger partial charge < -0.3 is 19.0 Å². The van der Waals surface area contributed by atoms with Crippen LogP contribution in [0.2, 0.25) is 0 Å². The molecule has 3 atom stereocenters.